The molecule has 28 heavy (non-hydrogen) atoms. The summed E-state index contributed by atoms with van der Waals surface area (Å²) in [6.07, 6.45) is 2.50. The summed E-state index contributed by atoms with van der Waals surface area (Å²) in [5.74, 6) is -0.460. The minimum atomic E-state index is -0.412. The van der Waals surface area contributed by atoms with E-state index in [0.717, 1.165) is 31.5 Å². The first-order chi connectivity index (χ1) is 13.7. The molecule has 0 unspecified atom stereocenters. The molecule has 150 valence electrons. The van der Waals surface area contributed by atoms with Gasteiger partial charge in [-0.3, -0.25) is 9.69 Å². The maximum Gasteiger partial charge on any atom is 0.246 e. The van der Waals surface area contributed by atoms with Crippen LogP contribution in [0.4, 0.5) is 10.1 Å². The van der Waals surface area contributed by atoms with Gasteiger partial charge in [-0.1, -0.05) is 30.3 Å². The van der Waals surface area contributed by atoms with Crippen LogP contribution in [-0.2, 0) is 9.53 Å². The number of nitrogens with one attached hydrogen (secondary N) is 1. The van der Waals surface area contributed by atoms with Crippen LogP contribution in [0.3, 0.4) is 0 Å². The Balaban J connectivity index is 1.68. The molecule has 0 radical (unpaired) electrons. The molecule has 2 N–H and O–H groups in total. The normalized spacial score (nSPS) is 16.6. The number of piperidine rings is 1. The fraction of sp³-hybridized carbons (Fsp3) is 0.409. The summed E-state index contributed by atoms with van der Waals surface area (Å²) in [7, 11) is 0. The van der Waals surface area contributed by atoms with Gasteiger partial charge >= 0.3 is 0 Å². The van der Waals surface area contributed by atoms with Gasteiger partial charge in [0.1, 0.15) is 11.9 Å². The van der Waals surface area contributed by atoms with Gasteiger partial charge in [-0.15, -0.1) is 0 Å². The van der Waals surface area contributed by atoms with E-state index in [4.69, 9.17) is 9.84 Å². The number of hydrogen-bond donors (Lipinski definition) is 2. The number of carbonyl (C=O) groups is 1. The molecule has 1 saturated heterocycles. The quantitative estimate of drug-likeness (QED) is 0.683. The number of nitrogens with zero attached hydrogens (tertiary/aromatic N) is 1. The third-order valence-electron chi connectivity index (χ3n) is 4.97. The van der Waals surface area contributed by atoms with E-state index in [-0.39, 0.29) is 24.4 Å². The molecule has 1 aliphatic rings. The second-order valence-electron chi connectivity index (χ2n) is 6.99. The Morgan fingerprint density at radius 2 is 1.82 bits per heavy atom. The monoisotopic (exact) mass is 386 g/mol. The zero-order valence-electron chi connectivity index (χ0n) is 15.9. The first-order valence-electron chi connectivity index (χ1n) is 9.75. The highest BCUT2D eigenvalue weighted by molar-refractivity contribution is 5.95. The van der Waals surface area contributed by atoms with Gasteiger partial charge in [-0.05, 0) is 49.1 Å². The second-order valence-corrected chi connectivity index (χ2v) is 6.99. The average molecular weight is 386 g/mol. The number of amides is 1. The zero-order valence-corrected chi connectivity index (χ0v) is 15.9. The highest BCUT2D eigenvalue weighted by Crippen LogP contribution is 2.27. The SMILES string of the molecule is O=C(Nc1ccc(F)cc1)[C@@H](c1ccccc1)N1CCC(OCCCO)CC1. The van der Waals surface area contributed by atoms with E-state index >= 15 is 0 Å². The molecule has 3 rings (SSSR count). The van der Waals surface area contributed by atoms with E-state index in [1.807, 2.05) is 30.3 Å². The maximum absolute atomic E-state index is 13.1. The number of halogens is 1. The van der Waals surface area contributed by atoms with Gasteiger partial charge in [0.2, 0.25) is 5.91 Å². The van der Waals surface area contributed by atoms with Crippen LogP contribution in [0.1, 0.15) is 30.9 Å². The van der Waals surface area contributed by atoms with E-state index in [2.05, 4.69) is 10.2 Å². The molecule has 0 bridgehead atoms. The van der Waals surface area contributed by atoms with Crippen molar-refractivity contribution in [1.82, 2.24) is 4.90 Å². The zero-order chi connectivity index (χ0) is 19.8. The molecule has 0 spiro atoms. The third kappa shape index (κ3) is 5.61. The Bertz CT molecular complexity index is 731. The second kappa shape index (κ2) is 10.3. The van der Waals surface area contributed by atoms with Gasteiger partial charge in [0.05, 0.1) is 6.10 Å². The van der Waals surface area contributed by atoms with E-state index in [1.54, 1.807) is 12.1 Å². The van der Waals surface area contributed by atoms with Crippen molar-refractivity contribution in [1.29, 1.82) is 0 Å². The first-order valence-corrected chi connectivity index (χ1v) is 9.75. The molecule has 0 aliphatic carbocycles. The van der Waals surface area contributed by atoms with Crippen LogP contribution in [0.5, 0.6) is 0 Å². The van der Waals surface area contributed by atoms with E-state index in [9.17, 15) is 9.18 Å². The predicted molar refractivity (Wildman–Crippen MR) is 106 cm³/mol. The first kappa shape index (κ1) is 20.5. The summed E-state index contributed by atoms with van der Waals surface area (Å²) in [4.78, 5) is 15.3. The number of anilines is 1. The number of carbonyl (C=O) groups excluding carboxylic acids is 1. The van der Waals surface area contributed by atoms with Crippen LogP contribution < -0.4 is 5.32 Å². The number of aliphatic hydroxyl groups excluding tert-OH is 1. The van der Waals surface area contributed by atoms with Gasteiger partial charge in [0, 0.05) is 32.0 Å². The van der Waals surface area contributed by atoms with Crippen LogP contribution in [0, 0.1) is 5.82 Å². The molecule has 5 nitrogen and oxygen atoms in total. The Morgan fingerprint density at radius 3 is 2.46 bits per heavy atom. The Morgan fingerprint density at radius 1 is 1.14 bits per heavy atom. The number of benzene rings is 2. The summed E-state index contributed by atoms with van der Waals surface area (Å²) in [5, 5.41) is 11.8. The number of hydrogen-bond acceptors (Lipinski definition) is 4. The largest absolute Gasteiger partial charge is 0.396 e. The number of ether oxygens (including phenoxy) is 1. The molecule has 1 fully saturated rings. The van der Waals surface area contributed by atoms with E-state index in [1.165, 1.54) is 12.1 Å². The molecule has 2 aromatic rings. The van der Waals surface area contributed by atoms with Gasteiger partial charge in [-0.25, -0.2) is 4.39 Å². The third-order valence-corrected chi connectivity index (χ3v) is 4.97. The van der Waals surface area contributed by atoms with Crippen molar-refractivity contribution < 1.29 is 19.0 Å². The lowest BCUT2D eigenvalue weighted by atomic mass is 9.99. The lowest BCUT2D eigenvalue weighted by molar-refractivity contribution is -0.122. The number of rotatable bonds is 8. The topological polar surface area (TPSA) is 61.8 Å². The lowest BCUT2D eigenvalue weighted by Crippen LogP contribution is -2.43. The summed E-state index contributed by atoms with van der Waals surface area (Å²) in [6, 6.07) is 15.1. The smallest absolute Gasteiger partial charge is 0.246 e. The average Bonchev–Trinajstić information content (AvgIpc) is 2.72. The van der Waals surface area contributed by atoms with E-state index < -0.39 is 6.04 Å². The summed E-state index contributed by atoms with van der Waals surface area (Å²) < 4.78 is 18.9. The van der Waals surface area contributed by atoms with Crippen molar-refractivity contribution in [2.45, 2.75) is 31.4 Å². The summed E-state index contributed by atoms with van der Waals surface area (Å²) in [5.41, 5.74) is 1.51. The van der Waals surface area contributed by atoms with Crippen molar-refractivity contribution in [3.05, 3.63) is 66.0 Å². The fourth-order valence-electron chi connectivity index (χ4n) is 3.52. The van der Waals surface area contributed by atoms with Gasteiger partial charge < -0.3 is 15.2 Å². The van der Waals surface area contributed by atoms with Crippen molar-refractivity contribution in [2.24, 2.45) is 0 Å². The van der Waals surface area contributed by atoms with E-state index in [0.29, 0.717) is 18.7 Å². The molecule has 6 heteroatoms. The van der Waals surface area contributed by atoms with Crippen LogP contribution in [0.2, 0.25) is 0 Å². The van der Waals surface area contributed by atoms with Crippen LogP contribution >= 0.6 is 0 Å². The highest BCUT2D eigenvalue weighted by Gasteiger charge is 2.31. The minimum Gasteiger partial charge on any atom is -0.396 e. The fourth-order valence-corrected chi connectivity index (χ4v) is 3.52. The van der Waals surface area contributed by atoms with Crippen molar-refractivity contribution in [3.63, 3.8) is 0 Å². The maximum atomic E-state index is 13.1. The lowest BCUT2D eigenvalue weighted by Gasteiger charge is -2.37. The van der Waals surface area contributed by atoms with Crippen molar-refractivity contribution >= 4 is 11.6 Å². The Kier molecular flexibility index (Phi) is 7.54. The Hall–Kier alpha value is -2.28. The predicted octanol–water partition coefficient (Wildman–Crippen LogP) is 3.37. The standard InChI is InChI=1S/C22H27FN2O3/c23-18-7-9-19(10-8-18)24-22(27)21(17-5-2-1-3-6-17)25-13-11-20(12-14-25)28-16-4-15-26/h1-3,5-10,20-21,26H,4,11-16H2,(H,24,27)/t21-/m1/s1. The highest BCUT2D eigenvalue weighted by atomic mass is 19.1. The molecule has 0 saturated carbocycles. The van der Waals surface area contributed by atoms with Gasteiger partial charge in [0.15, 0.2) is 0 Å². The van der Waals surface area contributed by atoms with Crippen LogP contribution in [0.25, 0.3) is 0 Å². The molecule has 0 aromatic heterocycles. The molecule has 1 aliphatic heterocycles. The molecule has 1 atom stereocenters. The number of likely N-dealkylation sites (tertiary alicyclic amines) is 1. The van der Waals surface area contributed by atoms with Crippen LogP contribution in [-0.4, -0.2) is 48.3 Å². The van der Waals surface area contributed by atoms with Gasteiger partial charge in [-0.2, -0.15) is 0 Å². The van der Waals surface area contributed by atoms with Crippen molar-refractivity contribution in [2.75, 3.05) is 31.6 Å². The summed E-state index contributed by atoms with van der Waals surface area (Å²) >= 11 is 0. The number of aliphatic hydroxyl groups is 1. The molecular formula is C22H27FN2O3. The van der Waals surface area contributed by atoms with Gasteiger partial charge in [0.25, 0.3) is 0 Å². The molecule has 1 heterocycles. The molecule has 1 amide bonds. The van der Waals surface area contributed by atoms with Crippen LogP contribution in [0.15, 0.2) is 54.6 Å². The minimum absolute atomic E-state index is 0.127. The molecule has 2 aromatic carbocycles. The summed E-state index contributed by atoms with van der Waals surface area (Å²) in [6.45, 7) is 2.20. The van der Waals surface area contributed by atoms with Crippen molar-refractivity contribution in [3.8, 4) is 0 Å². The Labute approximate surface area is 165 Å². The molecular weight excluding hydrogens is 359 g/mol.